The number of aromatic nitrogens is 1. The molecule has 0 bridgehead atoms. The van der Waals surface area contributed by atoms with Crippen LogP contribution in [-0.4, -0.2) is 16.1 Å². The molecule has 154 valence electrons. The number of hydrogen-bond acceptors (Lipinski definition) is 5. The molecule has 1 aliphatic rings. The van der Waals surface area contributed by atoms with Crippen LogP contribution in [0.25, 0.3) is 0 Å². The second kappa shape index (κ2) is 8.05. The van der Waals surface area contributed by atoms with Gasteiger partial charge in [-0.15, -0.1) is 11.3 Å². The molecule has 2 aromatic carbocycles. The minimum Gasteiger partial charge on any atom is -0.278 e. The lowest BCUT2D eigenvalue weighted by atomic mass is 10.1. The van der Waals surface area contributed by atoms with E-state index in [-0.39, 0.29) is 22.5 Å². The summed E-state index contributed by atoms with van der Waals surface area (Å²) in [7, 11) is 0. The van der Waals surface area contributed by atoms with Crippen molar-refractivity contribution in [1.82, 2.24) is 4.98 Å². The van der Waals surface area contributed by atoms with Crippen molar-refractivity contribution >= 4 is 50.9 Å². The average molecular weight is 468 g/mol. The summed E-state index contributed by atoms with van der Waals surface area (Å²) >= 11 is 8.36. The summed E-state index contributed by atoms with van der Waals surface area (Å²) in [6.45, 7) is 0. The zero-order valence-corrected chi connectivity index (χ0v) is 17.5. The molecule has 3 aromatic rings. The molecule has 0 radical (unpaired) electrons. The van der Waals surface area contributed by atoms with E-state index in [0.29, 0.717) is 15.6 Å². The molecule has 1 saturated heterocycles. The third kappa shape index (κ3) is 4.10. The number of anilines is 1. The summed E-state index contributed by atoms with van der Waals surface area (Å²) in [6, 6.07) is 12.3. The highest BCUT2D eigenvalue weighted by molar-refractivity contribution is 8.15. The van der Waals surface area contributed by atoms with Crippen LogP contribution >= 0.6 is 34.7 Å². The van der Waals surface area contributed by atoms with Crippen molar-refractivity contribution in [3.05, 3.63) is 81.3 Å². The van der Waals surface area contributed by atoms with Crippen LogP contribution in [0.1, 0.15) is 26.8 Å². The molecule has 0 spiro atoms. The van der Waals surface area contributed by atoms with Gasteiger partial charge in [0, 0.05) is 22.5 Å². The number of halogens is 4. The Morgan fingerprint density at radius 3 is 2.60 bits per heavy atom. The highest BCUT2D eigenvalue weighted by atomic mass is 35.5. The molecule has 1 aliphatic heterocycles. The number of amides is 1. The first-order valence-electron chi connectivity index (χ1n) is 8.68. The van der Waals surface area contributed by atoms with Crippen LogP contribution in [0.3, 0.4) is 0 Å². The van der Waals surface area contributed by atoms with Crippen LogP contribution in [-0.2, 0) is 17.4 Å². The van der Waals surface area contributed by atoms with E-state index in [1.807, 2.05) is 30.3 Å². The third-order valence-electron chi connectivity index (χ3n) is 4.45. The molecule has 1 amide bonds. The van der Waals surface area contributed by atoms with Crippen molar-refractivity contribution < 1.29 is 18.0 Å². The maximum Gasteiger partial charge on any atom is 0.416 e. The fraction of sp³-hybridized carbons (Fsp3) is 0.150. The number of nitrogens with zero attached hydrogens (tertiary/aromatic N) is 2. The van der Waals surface area contributed by atoms with Crippen molar-refractivity contribution in [3.63, 3.8) is 0 Å². The van der Waals surface area contributed by atoms with E-state index in [0.717, 1.165) is 40.8 Å². The topological polar surface area (TPSA) is 57.1 Å². The summed E-state index contributed by atoms with van der Waals surface area (Å²) in [6.07, 6.45) is -2.82. The molecule has 1 atom stereocenters. The number of nitrogens with one attached hydrogen (secondary N) is 1. The Kier molecular flexibility index (Phi) is 5.61. The monoisotopic (exact) mass is 467 g/mol. The highest BCUT2D eigenvalue weighted by Crippen LogP contribution is 2.42. The van der Waals surface area contributed by atoms with Gasteiger partial charge in [-0.05, 0) is 29.3 Å². The molecular formula is C20H13ClF3N3OS2. The summed E-state index contributed by atoms with van der Waals surface area (Å²) < 4.78 is 39.0. The van der Waals surface area contributed by atoms with Gasteiger partial charge in [0.1, 0.15) is 5.25 Å². The second-order valence-corrected chi connectivity index (χ2v) is 9.07. The van der Waals surface area contributed by atoms with Crippen LogP contribution in [0, 0.1) is 5.41 Å². The summed E-state index contributed by atoms with van der Waals surface area (Å²) in [5, 5.41) is 8.28. The molecular weight excluding hydrogens is 455 g/mol. The van der Waals surface area contributed by atoms with Crippen LogP contribution in [0.5, 0.6) is 0 Å². The van der Waals surface area contributed by atoms with E-state index >= 15 is 0 Å². The van der Waals surface area contributed by atoms with E-state index < -0.39 is 17.0 Å². The predicted octanol–water partition coefficient (Wildman–Crippen LogP) is 6.16. The number of thioether (sulfide) groups is 1. The first kappa shape index (κ1) is 20.9. The normalized spacial score (nSPS) is 17.1. The van der Waals surface area contributed by atoms with Crippen LogP contribution in [0.15, 0.2) is 54.7 Å². The quantitative estimate of drug-likeness (QED) is 0.499. The SMILES string of the molecule is N=C1SC(c2ccccc2)C(=O)N1c1ncc(Cc2cc(C(F)(F)F)ccc2Cl)s1. The summed E-state index contributed by atoms with van der Waals surface area (Å²) in [4.78, 5) is 19.0. The minimum absolute atomic E-state index is 0.0619. The van der Waals surface area contributed by atoms with Crippen LogP contribution in [0.2, 0.25) is 5.02 Å². The molecule has 1 N–H and O–H groups in total. The number of rotatable bonds is 4. The molecule has 0 saturated carbocycles. The Balaban J connectivity index is 1.56. The van der Waals surface area contributed by atoms with Gasteiger partial charge in [-0.3, -0.25) is 10.2 Å². The first-order chi connectivity index (χ1) is 14.2. The molecule has 4 rings (SSSR count). The van der Waals surface area contributed by atoms with Crippen LogP contribution in [0.4, 0.5) is 18.3 Å². The molecule has 10 heteroatoms. The number of alkyl halides is 3. The fourth-order valence-corrected chi connectivity index (χ4v) is 5.20. The summed E-state index contributed by atoms with van der Waals surface area (Å²) in [5.74, 6) is -0.269. The highest BCUT2D eigenvalue weighted by Gasteiger charge is 2.40. The third-order valence-corrected chi connectivity index (χ3v) is 6.92. The number of thiazole rings is 1. The fourth-order valence-electron chi connectivity index (χ4n) is 3.01. The van der Waals surface area contributed by atoms with E-state index in [1.165, 1.54) is 17.2 Å². The van der Waals surface area contributed by atoms with E-state index in [9.17, 15) is 18.0 Å². The molecule has 1 aromatic heterocycles. The lowest BCUT2D eigenvalue weighted by molar-refractivity contribution is -0.137. The zero-order valence-electron chi connectivity index (χ0n) is 15.1. The molecule has 1 fully saturated rings. The van der Waals surface area contributed by atoms with Gasteiger partial charge in [0.15, 0.2) is 10.3 Å². The second-order valence-electron chi connectivity index (χ2n) is 6.48. The van der Waals surface area contributed by atoms with Crippen molar-refractivity contribution in [2.45, 2.75) is 17.8 Å². The minimum atomic E-state index is -4.46. The Bertz CT molecular complexity index is 1120. The van der Waals surface area contributed by atoms with E-state index in [4.69, 9.17) is 17.0 Å². The number of carbonyl (C=O) groups excluding carboxylic acids is 1. The van der Waals surface area contributed by atoms with Crippen LogP contribution < -0.4 is 4.90 Å². The maximum absolute atomic E-state index is 13.0. The van der Waals surface area contributed by atoms with E-state index in [2.05, 4.69) is 4.98 Å². The lowest BCUT2D eigenvalue weighted by Gasteiger charge is -2.11. The molecule has 1 unspecified atom stereocenters. The number of amidine groups is 1. The largest absolute Gasteiger partial charge is 0.416 e. The maximum atomic E-state index is 13.0. The molecule has 2 heterocycles. The van der Waals surface area contributed by atoms with Gasteiger partial charge in [-0.25, -0.2) is 9.88 Å². The standard InChI is InChI=1S/C20H13ClF3N3OS2/c21-15-7-6-13(20(22,23)24)8-12(15)9-14-10-26-19(29-14)27-17(28)16(30-18(27)25)11-4-2-1-3-5-11/h1-8,10,16,25H,9H2. The zero-order chi connectivity index (χ0) is 21.5. The number of benzene rings is 2. The van der Waals surface area contributed by atoms with Gasteiger partial charge >= 0.3 is 6.18 Å². The van der Waals surface area contributed by atoms with E-state index in [1.54, 1.807) is 0 Å². The van der Waals surface area contributed by atoms with Gasteiger partial charge < -0.3 is 0 Å². The van der Waals surface area contributed by atoms with Gasteiger partial charge in [-0.1, -0.05) is 53.7 Å². The van der Waals surface area contributed by atoms with Crippen molar-refractivity contribution in [2.75, 3.05) is 4.90 Å². The van der Waals surface area contributed by atoms with Gasteiger partial charge in [-0.2, -0.15) is 13.2 Å². The predicted molar refractivity (Wildman–Crippen MR) is 113 cm³/mol. The molecule has 30 heavy (non-hydrogen) atoms. The number of hydrogen-bond donors (Lipinski definition) is 1. The Morgan fingerprint density at radius 1 is 1.17 bits per heavy atom. The van der Waals surface area contributed by atoms with Gasteiger partial charge in [0.05, 0.1) is 5.56 Å². The number of carbonyl (C=O) groups is 1. The Labute approximate surface area is 183 Å². The average Bonchev–Trinajstić information content (AvgIpc) is 3.27. The van der Waals surface area contributed by atoms with Gasteiger partial charge in [0.2, 0.25) is 0 Å². The molecule has 0 aliphatic carbocycles. The first-order valence-corrected chi connectivity index (χ1v) is 10.8. The Morgan fingerprint density at radius 2 is 1.90 bits per heavy atom. The van der Waals surface area contributed by atoms with Crippen molar-refractivity contribution in [3.8, 4) is 0 Å². The Hall–Kier alpha value is -2.36. The van der Waals surface area contributed by atoms with Crippen molar-refractivity contribution in [1.29, 1.82) is 5.41 Å². The van der Waals surface area contributed by atoms with Gasteiger partial charge in [0.25, 0.3) is 5.91 Å². The lowest BCUT2D eigenvalue weighted by Crippen LogP contribution is -2.29. The molecule has 4 nitrogen and oxygen atoms in total. The summed E-state index contributed by atoms with van der Waals surface area (Å²) in [5.41, 5.74) is 0.346. The smallest absolute Gasteiger partial charge is 0.278 e. The van der Waals surface area contributed by atoms with Crippen molar-refractivity contribution in [2.24, 2.45) is 0 Å².